The Morgan fingerprint density at radius 3 is 2.90 bits per heavy atom. The van der Waals surface area contributed by atoms with Crippen LogP contribution in [0.2, 0.25) is 0 Å². The highest BCUT2D eigenvalue weighted by molar-refractivity contribution is 9.10. The molecule has 0 fully saturated rings. The molecule has 1 aromatic carbocycles. The fraction of sp³-hybridized carbons (Fsp3) is 0.417. The molecule has 0 amide bonds. The van der Waals surface area contributed by atoms with Crippen LogP contribution in [0.1, 0.15) is 12.5 Å². The van der Waals surface area contributed by atoms with Crippen molar-refractivity contribution >= 4 is 21.9 Å². The summed E-state index contributed by atoms with van der Waals surface area (Å²) in [6.45, 7) is 2.08. The van der Waals surface area contributed by atoms with Crippen LogP contribution in [-0.2, 0) is 15.1 Å². The van der Waals surface area contributed by atoms with Crippen molar-refractivity contribution in [2.45, 2.75) is 12.5 Å². The van der Waals surface area contributed by atoms with Crippen molar-refractivity contribution in [3.8, 4) is 0 Å². The molecule has 0 aliphatic rings. The number of halogens is 2. The average Bonchev–Trinajstić information content (AvgIpc) is 2.42. The van der Waals surface area contributed by atoms with E-state index in [0.717, 1.165) is 0 Å². The lowest BCUT2D eigenvalue weighted by atomic mass is 9.92. The fourth-order valence-electron chi connectivity index (χ4n) is 1.78. The summed E-state index contributed by atoms with van der Waals surface area (Å²) in [4.78, 5) is 14.7. The third-order valence-electron chi connectivity index (χ3n) is 2.82. The minimum Gasteiger partial charge on any atom is -0.467 e. The zero-order chi connectivity index (χ0) is 15.2. The third kappa shape index (κ3) is 3.69. The molecule has 0 radical (unpaired) electrons. The molecule has 0 saturated carbocycles. The Morgan fingerprint density at radius 1 is 1.65 bits per heavy atom. The zero-order valence-electron chi connectivity index (χ0n) is 11.1. The predicted molar refractivity (Wildman–Crippen MR) is 75.5 cm³/mol. The molecule has 0 heterocycles. The molecule has 0 aromatic heterocycles. The molecule has 1 rings (SSSR count). The molecule has 108 valence electrons. The Labute approximate surface area is 124 Å². The topological polar surface area (TPSA) is 87.1 Å². The molecular weight excluding hydrogens is 331 g/mol. The number of hydrogen-bond donors (Lipinski definition) is 1. The van der Waals surface area contributed by atoms with E-state index < -0.39 is 17.3 Å². The first-order valence-corrected chi connectivity index (χ1v) is 6.55. The predicted octanol–water partition coefficient (Wildman–Crippen LogP) is 2.88. The highest BCUT2D eigenvalue weighted by Crippen LogP contribution is 2.30. The number of benzene rings is 1. The zero-order valence-corrected chi connectivity index (χ0v) is 12.6. The van der Waals surface area contributed by atoms with Gasteiger partial charge < -0.3 is 4.74 Å². The summed E-state index contributed by atoms with van der Waals surface area (Å²) in [5.41, 5.74) is 7.59. The van der Waals surface area contributed by atoms with Gasteiger partial charge in [0.15, 0.2) is 0 Å². The lowest BCUT2D eigenvalue weighted by Crippen LogP contribution is -2.48. The van der Waals surface area contributed by atoms with Crippen molar-refractivity contribution in [1.82, 2.24) is 5.32 Å². The molecule has 6 nitrogen and oxygen atoms in total. The van der Waals surface area contributed by atoms with Gasteiger partial charge in [-0.25, -0.2) is 9.18 Å². The van der Waals surface area contributed by atoms with Crippen molar-refractivity contribution in [1.29, 1.82) is 0 Å². The lowest BCUT2D eigenvalue weighted by molar-refractivity contribution is -0.148. The molecule has 20 heavy (non-hydrogen) atoms. The normalized spacial score (nSPS) is 13.2. The van der Waals surface area contributed by atoms with E-state index in [1.54, 1.807) is 6.92 Å². The Hall–Kier alpha value is -1.63. The summed E-state index contributed by atoms with van der Waals surface area (Å²) >= 11 is 3.23. The smallest absolute Gasteiger partial charge is 0.330 e. The number of methoxy groups -OCH3 is 1. The molecular formula is C12H14BrFN4O2. The van der Waals surface area contributed by atoms with Gasteiger partial charge in [-0.05, 0) is 30.2 Å². The highest BCUT2D eigenvalue weighted by Gasteiger charge is 2.37. The van der Waals surface area contributed by atoms with Gasteiger partial charge >= 0.3 is 5.97 Å². The van der Waals surface area contributed by atoms with E-state index in [4.69, 9.17) is 10.3 Å². The Kier molecular flexibility index (Phi) is 5.94. The number of esters is 1. The van der Waals surface area contributed by atoms with Crippen LogP contribution in [-0.4, -0.2) is 26.2 Å². The van der Waals surface area contributed by atoms with E-state index in [9.17, 15) is 9.18 Å². The van der Waals surface area contributed by atoms with Gasteiger partial charge in [-0.15, -0.1) is 0 Å². The standard InChI is InChI=1S/C12H14BrFN4O2/c1-12(11(19)20-2,16-5-6-17-18-15)9-4-3-8(14)7-10(9)13/h3-4,7,16H,5-6H2,1-2H3. The van der Waals surface area contributed by atoms with E-state index >= 15 is 0 Å². The third-order valence-corrected chi connectivity index (χ3v) is 3.47. The monoisotopic (exact) mass is 344 g/mol. The van der Waals surface area contributed by atoms with Crippen LogP contribution in [0.15, 0.2) is 27.8 Å². The maximum Gasteiger partial charge on any atom is 0.330 e. The van der Waals surface area contributed by atoms with Gasteiger partial charge in [-0.1, -0.05) is 27.1 Å². The minimum atomic E-state index is -1.17. The molecule has 1 unspecified atom stereocenters. The number of nitrogens with zero attached hydrogens (tertiary/aromatic N) is 3. The fourth-order valence-corrected chi connectivity index (χ4v) is 2.52. The van der Waals surface area contributed by atoms with E-state index in [1.165, 1.54) is 25.3 Å². The number of ether oxygens (including phenoxy) is 1. The number of carbonyl (C=O) groups is 1. The van der Waals surface area contributed by atoms with Gasteiger partial charge in [0.2, 0.25) is 0 Å². The molecule has 0 spiro atoms. The second-order valence-corrected chi connectivity index (χ2v) is 4.98. The van der Waals surface area contributed by atoms with Crippen LogP contribution in [0.25, 0.3) is 10.4 Å². The average molecular weight is 345 g/mol. The molecule has 1 N–H and O–H groups in total. The largest absolute Gasteiger partial charge is 0.467 e. The van der Waals surface area contributed by atoms with Gasteiger partial charge in [-0.2, -0.15) is 0 Å². The van der Waals surface area contributed by atoms with E-state index in [-0.39, 0.29) is 13.1 Å². The Balaban J connectivity index is 3.09. The molecule has 1 aromatic rings. The first-order valence-electron chi connectivity index (χ1n) is 5.75. The maximum absolute atomic E-state index is 13.1. The SMILES string of the molecule is COC(=O)C(C)(NCCN=[N+]=[N-])c1ccc(F)cc1Br. The number of azide groups is 1. The van der Waals surface area contributed by atoms with Crippen LogP contribution in [0.4, 0.5) is 4.39 Å². The first kappa shape index (κ1) is 16.4. The Morgan fingerprint density at radius 2 is 2.35 bits per heavy atom. The van der Waals surface area contributed by atoms with E-state index in [0.29, 0.717) is 10.0 Å². The number of carbonyl (C=O) groups excluding carboxylic acids is 1. The molecule has 0 aliphatic carbocycles. The number of nitrogens with one attached hydrogen (secondary N) is 1. The first-order chi connectivity index (χ1) is 9.45. The number of hydrogen-bond acceptors (Lipinski definition) is 4. The van der Waals surface area contributed by atoms with Crippen LogP contribution in [0.3, 0.4) is 0 Å². The second-order valence-electron chi connectivity index (χ2n) is 4.12. The van der Waals surface area contributed by atoms with Crippen LogP contribution in [0, 0.1) is 5.82 Å². The van der Waals surface area contributed by atoms with Crippen LogP contribution in [0.5, 0.6) is 0 Å². The molecule has 1 atom stereocenters. The summed E-state index contributed by atoms with van der Waals surface area (Å²) in [5.74, 6) is -0.937. The quantitative estimate of drug-likeness (QED) is 0.283. The van der Waals surface area contributed by atoms with Crippen LogP contribution >= 0.6 is 15.9 Å². The summed E-state index contributed by atoms with van der Waals surface area (Å²) in [6.07, 6.45) is 0. The maximum atomic E-state index is 13.1. The van der Waals surface area contributed by atoms with Gasteiger partial charge in [-0.3, -0.25) is 5.32 Å². The van der Waals surface area contributed by atoms with Crippen molar-refractivity contribution in [2.75, 3.05) is 20.2 Å². The molecule has 0 saturated heterocycles. The summed E-state index contributed by atoms with van der Waals surface area (Å²) in [6, 6.07) is 4.03. The van der Waals surface area contributed by atoms with E-state index in [1.807, 2.05) is 0 Å². The summed E-state index contributed by atoms with van der Waals surface area (Å²) < 4.78 is 18.4. The van der Waals surface area contributed by atoms with Gasteiger partial charge in [0.25, 0.3) is 0 Å². The van der Waals surface area contributed by atoms with Crippen LogP contribution < -0.4 is 5.32 Å². The van der Waals surface area contributed by atoms with Gasteiger partial charge in [0, 0.05) is 22.5 Å². The molecule has 0 bridgehead atoms. The van der Waals surface area contributed by atoms with Crippen molar-refractivity contribution in [2.24, 2.45) is 5.11 Å². The summed E-state index contributed by atoms with van der Waals surface area (Å²) in [5, 5.41) is 6.35. The van der Waals surface area contributed by atoms with Crippen molar-refractivity contribution in [3.05, 3.63) is 44.5 Å². The molecule has 0 aliphatic heterocycles. The highest BCUT2D eigenvalue weighted by atomic mass is 79.9. The van der Waals surface area contributed by atoms with E-state index in [2.05, 4.69) is 31.3 Å². The van der Waals surface area contributed by atoms with Gasteiger partial charge in [0.1, 0.15) is 11.4 Å². The Bertz CT molecular complexity index is 548. The minimum absolute atomic E-state index is 0.182. The second kappa shape index (κ2) is 7.23. The van der Waals surface area contributed by atoms with Crippen molar-refractivity contribution < 1.29 is 13.9 Å². The summed E-state index contributed by atoms with van der Waals surface area (Å²) in [7, 11) is 1.27. The number of rotatable bonds is 6. The lowest BCUT2D eigenvalue weighted by Gasteiger charge is -2.29. The van der Waals surface area contributed by atoms with Gasteiger partial charge in [0.05, 0.1) is 7.11 Å². The van der Waals surface area contributed by atoms with Crippen molar-refractivity contribution in [3.63, 3.8) is 0 Å². The molecule has 8 heteroatoms.